The maximum absolute atomic E-state index is 12.2. The lowest BCUT2D eigenvalue weighted by Crippen LogP contribution is -2.52. The van der Waals surface area contributed by atoms with Gasteiger partial charge >= 0.3 is 0 Å². The molecule has 140 valence electrons. The summed E-state index contributed by atoms with van der Waals surface area (Å²) >= 11 is 0. The van der Waals surface area contributed by atoms with Crippen LogP contribution in [0, 0.1) is 0 Å². The van der Waals surface area contributed by atoms with E-state index < -0.39 is 0 Å². The quantitative estimate of drug-likeness (QED) is 0.621. The van der Waals surface area contributed by atoms with Crippen molar-refractivity contribution in [2.75, 3.05) is 46.0 Å². The first-order chi connectivity index (χ1) is 12.2. The Labute approximate surface area is 150 Å². The Balaban J connectivity index is 1.70. The van der Waals surface area contributed by atoms with Crippen LogP contribution in [-0.4, -0.2) is 62.8 Å². The molecule has 0 aromatic heterocycles. The Morgan fingerprint density at radius 3 is 2.92 bits per heavy atom. The molecule has 0 radical (unpaired) electrons. The molecular formula is C19H31N3O3. The van der Waals surface area contributed by atoms with Crippen LogP contribution in [0.4, 0.5) is 0 Å². The molecule has 0 unspecified atom stereocenters. The number of hydrogen-bond acceptors (Lipinski definition) is 5. The molecule has 25 heavy (non-hydrogen) atoms. The Bertz CT molecular complexity index is 524. The molecule has 6 heteroatoms. The van der Waals surface area contributed by atoms with Crippen molar-refractivity contribution in [3.63, 3.8) is 0 Å². The molecule has 0 aliphatic carbocycles. The van der Waals surface area contributed by atoms with Crippen molar-refractivity contribution >= 4 is 5.91 Å². The monoisotopic (exact) mass is 349 g/mol. The second-order valence-corrected chi connectivity index (χ2v) is 6.37. The summed E-state index contributed by atoms with van der Waals surface area (Å²) in [6.07, 6.45) is 0. The molecule has 1 heterocycles. The highest BCUT2D eigenvalue weighted by molar-refractivity contribution is 5.78. The van der Waals surface area contributed by atoms with Crippen LogP contribution in [0.25, 0.3) is 0 Å². The molecule has 0 saturated carbocycles. The minimum absolute atomic E-state index is 0.0760. The van der Waals surface area contributed by atoms with E-state index in [1.54, 1.807) is 0 Å². The second-order valence-electron chi connectivity index (χ2n) is 6.37. The van der Waals surface area contributed by atoms with Crippen molar-refractivity contribution in [3.8, 4) is 0 Å². The largest absolute Gasteiger partial charge is 0.379 e. The predicted molar refractivity (Wildman–Crippen MR) is 98.3 cm³/mol. The Kier molecular flexibility index (Phi) is 8.90. The average Bonchev–Trinajstić information content (AvgIpc) is 2.62. The first kappa shape index (κ1) is 19.8. The molecular weight excluding hydrogens is 318 g/mol. The SMILES string of the molecule is CCOCCOCc1cccc(CNC(=O)CN2CCNC[C@@H]2C)c1. The van der Waals surface area contributed by atoms with Gasteiger partial charge in [0.15, 0.2) is 0 Å². The normalized spacial score (nSPS) is 18.2. The molecule has 1 aromatic rings. The van der Waals surface area contributed by atoms with Crippen LogP contribution in [0.15, 0.2) is 24.3 Å². The fourth-order valence-corrected chi connectivity index (χ4v) is 2.84. The van der Waals surface area contributed by atoms with Crippen LogP contribution in [0.3, 0.4) is 0 Å². The van der Waals surface area contributed by atoms with E-state index in [9.17, 15) is 4.79 Å². The lowest BCUT2D eigenvalue weighted by molar-refractivity contribution is -0.123. The van der Waals surface area contributed by atoms with Crippen molar-refractivity contribution in [2.24, 2.45) is 0 Å². The number of benzene rings is 1. The minimum atomic E-state index is 0.0760. The zero-order chi connectivity index (χ0) is 17.9. The van der Waals surface area contributed by atoms with Gasteiger partial charge in [0.2, 0.25) is 5.91 Å². The number of rotatable bonds is 10. The third-order valence-electron chi connectivity index (χ3n) is 4.31. The van der Waals surface area contributed by atoms with Crippen LogP contribution in [0.2, 0.25) is 0 Å². The van der Waals surface area contributed by atoms with Gasteiger partial charge in [0.1, 0.15) is 0 Å². The van der Waals surface area contributed by atoms with Gasteiger partial charge in [-0.1, -0.05) is 24.3 Å². The molecule has 1 saturated heterocycles. The van der Waals surface area contributed by atoms with E-state index in [1.807, 2.05) is 25.1 Å². The Morgan fingerprint density at radius 1 is 1.32 bits per heavy atom. The number of carbonyl (C=O) groups is 1. The predicted octanol–water partition coefficient (Wildman–Crippen LogP) is 1.15. The van der Waals surface area contributed by atoms with E-state index in [0.717, 1.165) is 30.8 Å². The number of ether oxygens (including phenoxy) is 2. The fraction of sp³-hybridized carbons (Fsp3) is 0.632. The van der Waals surface area contributed by atoms with E-state index in [2.05, 4.69) is 28.5 Å². The summed E-state index contributed by atoms with van der Waals surface area (Å²) in [6.45, 7) is 10.4. The molecule has 0 bridgehead atoms. The Morgan fingerprint density at radius 2 is 2.12 bits per heavy atom. The number of amides is 1. The number of nitrogens with one attached hydrogen (secondary N) is 2. The molecule has 1 fully saturated rings. The second kappa shape index (κ2) is 11.2. The van der Waals surface area contributed by atoms with Gasteiger partial charge in [-0.25, -0.2) is 0 Å². The standard InChI is InChI=1S/C19H31N3O3/c1-3-24-9-10-25-15-18-6-4-5-17(11-18)13-21-19(23)14-22-8-7-20-12-16(22)2/h4-6,11,16,20H,3,7-10,12-15H2,1-2H3,(H,21,23)/t16-/m0/s1. The van der Waals surface area contributed by atoms with Crippen molar-refractivity contribution in [1.29, 1.82) is 0 Å². The van der Waals surface area contributed by atoms with Crippen LogP contribution in [0.5, 0.6) is 0 Å². The van der Waals surface area contributed by atoms with Crippen LogP contribution < -0.4 is 10.6 Å². The van der Waals surface area contributed by atoms with E-state index in [0.29, 0.717) is 45.6 Å². The molecule has 1 aromatic carbocycles. The number of hydrogen-bond donors (Lipinski definition) is 2. The van der Waals surface area contributed by atoms with Crippen molar-refractivity contribution < 1.29 is 14.3 Å². The zero-order valence-corrected chi connectivity index (χ0v) is 15.4. The van der Waals surface area contributed by atoms with Crippen molar-refractivity contribution in [3.05, 3.63) is 35.4 Å². The lowest BCUT2D eigenvalue weighted by atomic mass is 10.1. The van der Waals surface area contributed by atoms with Gasteiger partial charge in [0.25, 0.3) is 0 Å². The summed E-state index contributed by atoms with van der Waals surface area (Å²) in [6, 6.07) is 8.54. The van der Waals surface area contributed by atoms with Crippen LogP contribution in [0.1, 0.15) is 25.0 Å². The molecule has 1 amide bonds. The number of piperazine rings is 1. The summed E-state index contributed by atoms with van der Waals surface area (Å²) in [5.74, 6) is 0.0760. The first-order valence-corrected chi connectivity index (χ1v) is 9.13. The molecule has 6 nitrogen and oxygen atoms in total. The molecule has 1 aliphatic rings. The van der Waals surface area contributed by atoms with Crippen molar-refractivity contribution in [1.82, 2.24) is 15.5 Å². The summed E-state index contributed by atoms with van der Waals surface area (Å²) in [4.78, 5) is 14.4. The topological polar surface area (TPSA) is 62.8 Å². The van der Waals surface area contributed by atoms with Crippen LogP contribution in [-0.2, 0) is 27.4 Å². The maximum Gasteiger partial charge on any atom is 0.234 e. The van der Waals surface area contributed by atoms with Gasteiger partial charge in [-0.3, -0.25) is 9.69 Å². The van der Waals surface area contributed by atoms with Crippen LogP contribution >= 0.6 is 0 Å². The van der Waals surface area contributed by atoms with Crippen molar-refractivity contribution in [2.45, 2.75) is 33.0 Å². The Hall–Kier alpha value is -1.47. The lowest BCUT2D eigenvalue weighted by Gasteiger charge is -2.33. The van der Waals surface area contributed by atoms with E-state index >= 15 is 0 Å². The van der Waals surface area contributed by atoms with Gasteiger partial charge in [-0.05, 0) is 25.0 Å². The average molecular weight is 349 g/mol. The summed E-state index contributed by atoms with van der Waals surface area (Å²) < 4.78 is 10.8. The van der Waals surface area contributed by atoms with Gasteiger partial charge in [-0.15, -0.1) is 0 Å². The minimum Gasteiger partial charge on any atom is -0.379 e. The highest BCUT2D eigenvalue weighted by Gasteiger charge is 2.19. The third-order valence-corrected chi connectivity index (χ3v) is 4.31. The molecule has 1 aliphatic heterocycles. The van der Waals surface area contributed by atoms with E-state index in [4.69, 9.17) is 9.47 Å². The number of nitrogens with zero attached hydrogens (tertiary/aromatic N) is 1. The fourth-order valence-electron chi connectivity index (χ4n) is 2.84. The third kappa shape index (κ3) is 7.52. The molecule has 2 rings (SSSR count). The van der Waals surface area contributed by atoms with E-state index in [1.165, 1.54) is 0 Å². The highest BCUT2D eigenvalue weighted by atomic mass is 16.5. The maximum atomic E-state index is 12.2. The highest BCUT2D eigenvalue weighted by Crippen LogP contribution is 2.07. The first-order valence-electron chi connectivity index (χ1n) is 9.13. The van der Waals surface area contributed by atoms with Gasteiger partial charge < -0.3 is 20.1 Å². The molecule has 2 N–H and O–H groups in total. The van der Waals surface area contributed by atoms with Gasteiger partial charge in [0.05, 0.1) is 26.4 Å². The smallest absolute Gasteiger partial charge is 0.234 e. The van der Waals surface area contributed by atoms with Gasteiger partial charge in [-0.2, -0.15) is 0 Å². The van der Waals surface area contributed by atoms with E-state index in [-0.39, 0.29) is 5.91 Å². The van der Waals surface area contributed by atoms with Gasteiger partial charge in [0, 0.05) is 38.8 Å². The summed E-state index contributed by atoms with van der Waals surface area (Å²) in [7, 11) is 0. The summed E-state index contributed by atoms with van der Waals surface area (Å²) in [5.41, 5.74) is 2.20. The summed E-state index contributed by atoms with van der Waals surface area (Å²) in [5, 5.41) is 6.35. The zero-order valence-electron chi connectivity index (χ0n) is 15.4. The molecule has 1 atom stereocenters. The molecule has 0 spiro atoms. The number of carbonyl (C=O) groups excluding carboxylic acids is 1.